The monoisotopic (exact) mass is 422 g/mol. The number of nitrogens with one attached hydrogen (secondary N) is 1. The molecule has 6 rings (SSSR count). The van der Waals surface area contributed by atoms with E-state index in [1.54, 1.807) is 0 Å². The van der Waals surface area contributed by atoms with Gasteiger partial charge in [-0.05, 0) is 73.8 Å². The summed E-state index contributed by atoms with van der Waals surface area (Å²) < 4.78 is 5.61. The lowest BCUT2D eigenvalue weighted by Crippen LogP contribution is -2.34. The van der Waals surface area contributed by atoms with Crippen molar-refractivity contribution in [1.82, 2.24) is 20.1 Å². The maximum atomic E-state index is 6.77. The molecule has 3 aromatic rings. The molecule has 3 fully saturated rings. The number of hydrogen-bond acceptors (Lipinski definition) is 4. The Morgan fingerprint density at radius 1 is 1.17 bits per heavy atom. The van der Waals surface area contributed by atoms with E-state index in [0.29, 0.717) is 12.0 Å². The Bertz CT molecular complexity index is 1080. The van der Waals surface area contributed by atoms with E-state index >= 15 is 0 Å². The molecule has 3 aliphatic rings. The molecule has 2 saturated heterocycles. The second-order valence-corrected chi connectivity index (χ2v) is 9.74. The van der Waals surface area contributed by atoms with Gasteiger partial charge in [0, 0.05) is 53.6 Å². The van der Waals surface area contributed by atoms with Gasteiger partial charge in [0.2, 0.25) is 0 Å². The standard InChI is InChI=1S/C24H27ClN4O/c1-14-6-15(2-4-26-14)24-21-9-20(22(25)10-23(21)27-28-24)16-7-17-11-29(12-18(17)8-16)19-3-5-30-13-19/h2,4,6,9-10,16-19H,3,5,7-8,11-13H2,1H3,(H,27,28)/t16?,17-,18+,19?. The molecule has 1 aliphatic carbocycles. The zero-order chi connectivity index (χ0) is 20.2. The summed E-state index contributed by atoms with van der Waals surface area (Å²) in [5.74, 6) is 2.11. The van der Waals surface area contributed by atoms with Crippen molar-refractivity contribution in [3.63, 3.8) is 0 Å². The first-order chi connectivity index (χ1) is 14.7. The average Bonchev–Trinajstić information content (AvgIpc) is 3.49. The van der Waals surface area contributed by atoms with Gasteiger partial charge in [-0.1, -0.05) is 11.6 Å². The summed E-state index contributed by atoms with van der Waals surface area (Å²) in [5, 5.41) is 9.79. The maximum Gasteiger partial charge on any atom is 0.100 e. The van der Waals surface area contributed by atoms with Crippen LogP contribution in [0.15, 0.2) is 30.5 Å². The fourth-order valence-electron chi connectivity index (χ4n) is 5.98. The van der Waals surface area contributed by atoms with Gasteiger partial charge in [-0.3, -0.25) is 15.0 Å². The highest BCUT2D eigenvalue weighted by Crippen LogP contribution is 2.49. The lowest BCUT2D eigenvalue weighted by atomic mass is 9.93. The van der Waals surface area contributed by atoms with Crippen molar-refractivity contribution in [2.24, 2.45) is 11.8 Å². The fraction of sp³-hybridized carbons (Fsp3) is 0.500. The quantitative estimate of drug-likeness (QED) is 0.658. The second-order valence-electron chi connectivity index (χ2n) is 9.34. The minimum Gasteiger partial charge on any atom is -0.380 e. The Morgan fingerprint density at radius 2 is 2.00 bits per heavy atom. The minimum atomic E-state index is 0.542. The van der Waals surface area contributed by atoms with Gasteiger partial charge in [0.1, 0.15) is 5.69 Å². The van der Waals surface area contributed by atoms with Crippen LogP contribution in [0.2, 0.25) is 5.02 Å². The van der Waals surface area contributed by atoms with Crippen LogP contribution < -0.4 is 0 Å². The zero-order valence-electron chi connectivity index (χ0n) is 17.3. The summed E-state index contributed by atoms with van der Waals surface area (Å²) in [4.78, 5) is 7.00. The van der Waals surface area contributed by atoms with Crippen LogP contribution in [0.5, 0.6) is 0 Å². The molecular formula is C24H27ClN4O. The van der Waals surface area contributed by atoms with E-state index in [1.165, 1.54) is 37.9 Å². The predicted molar refractivity (Wildman–Crippen MR) is 119 cm³/mol. The van der Waals surface area contributed by atoms with Gasteiger partial charge in [-0.25, -0.2) is 0 Å². The van der Waals surface area contributed by atoms with Gasteiger partial charge in [-0.15, -0.1) is 0 Å². The molecule has 6 heteroatoms. The van der Waals surface area contributed by atoms with Crippen molar-refractivity contribution in [3.8, 4) is 11.3 Å². The first kappa shape index (κ1) is 18.8. The molecule has 4 heterocycles. The Hall–Kier alpha value is -1.95. The highest BCUT2D eigenvalue weighted by atomic mass is 35.5. The predicted octanol–water partition coefficient (Wildman–Crippen LogP) is 4.80. The van der Waals surface area contributed by atoms with E-state index < -0.39 is 0 Å². The van der Waals surface area contributed by atoms with E-state index in [1.807, 2.05) is 19.2 Å². The fourth-order valence-corrected chi connectivity index (χ4v) is 6.30. The number of pyridine rings is 1. The number of likely N-dealkylation sites (tertiary alicyclic amines) is 1. The van der Waals surface area contributed by atoms with Crippen molar-refractivity contribution in [3.05, 3.63) is 46.7 Å². The number of benzene rings is 1. The third-order valence-electron chi connectivity index (χ3n) is 7.49. The smallest absolute Gasteiger partial charge is 0.100 e. The number of fused-ring (bicyclic) bond motifs is 2. The molecule has 2 aliphatic heterocycles. The molecule has 30 heavy (non-hydrogen) atoms. The largest absolute Gasteiger partial charge is 0.380 e. The lowest BCUT2D eigenvalue weighted by Gasteiger charge is -2.24. The Morgan fingerprint density at radius 3 is 2.73 bits per heavy atom. The van der Waals surface area contributed by atoms with E-state index in [-0.39, 0.29) is 0 Å². The van der Waals surface area contributed by atoms with Crippen molar-refractivity contribution in [2.75, 3.05) is 26.3 Å². The normalized spacial score (nSPS) is 29.1. The number of halogens is 1. The van der Waals surface area contributed by atoms with Gasteiger partial charge >= 0.3 is 0 Å². The molecular weight excluding hydrogens is 396 g/mol. The first-order valence-corrected chi connectivity index (χ1v) is 11.5. The Balaban J connectivity index is 1.28. The number of rotatable bonds is 3. The summed E-state index contributed by atoms with van der Waals surface area (Å²) in [6.07, 6.45) is 5.52. The maximum absolute atomic E-state index is 6.77. The number of ether oxygens (including phenoxy) is 1. The van der Waals surface area contributed by atoms with Crippen molar-refractivity contribution in [1.29, 1.82) is 0 Å². The molecule has 2 aromatic heterocycles. The summed E-state index contributed by atoms with van der Waals surface area (Å²) >= 11 is 6.77. The SMILES string of the molecule is Cc1cc(-c2n[nH]c3cc(Cl)c(C4C[C@@H]5CN(C6CCOC6)C[C@@H]5C4)cc23)ccn1. The van der Waals surface area contributed by atoms with Gasteiger partial charge in [0.15, 0.2) is 0 Å². The molecule has 1 N–H and O–H groups in total. The van der Waals surface area contributed by atoms with Gasteiger partial charge in [0.25, 0.3) is 0 Å². The third kappa shape index (κ3) is 3.15. The summed E-state index contributed by atoms with van der Waals surface area (Å²) in [5.41, 5.74) is 5.37. The minimum absolute atomic E-state index is 0.542. The Kier molecular flexibility index (Phi) is 4.59. The van der Waals surface area contributed by atoms with E-state index in [2.05, 4.69) is 38.3 Å². The van der Waals surface area contributed by atoms with Crippen molar-refractivity contribution in [2.45, 2.75) is 38.1 Å². The molecule has 4 atom stereocenters. The molecule has 2 unspecified atom stereocenters. The van der Waals surface area contributed by atoms with Crippen molar-refractivity contribution >= 4 is 22.5 Å². The molecule has 1 saturated carbocycles. The van der Waals surface area contributed by atoms with Crippen LogP contribution in [0.1, 0.15) is 36.4 Å². The summed E-state index contributed by atoms with van der Waals surface area (Å²) in [7, 11) is 0. The highest BCUT2D eigenvalue weighted by molar-refractivity contribution is 6.32. The Labute approximate surface area is 181 Å². The second kappa shape index (κ2) is 7.33. The number of hydrogen-bond donors (Lipinski definition) is 1. The van der Waals surface area contributed by atoms with Gasteiger partial charge < -0.3 is 4.74 Å². The van der Waals surface area contributed by atoms with Crippen LogP contribution in [0.3, 0.4) is 0 Å². The third-order valence-corrected chi connectivity index (χ3v) is 7.82. The summed E-state index contributed by atoms with van der Waals surface area (Å²) in [6.45, 7) is 6.31. The molecule has 1 aromatic carbocycles. The lowest BCUT2D eigenvalue weighted by molar-refractivity contribution is 0.153. The number of nitrogens with zero attached hydrogens (tertiary/aromatic N) is 3. The molecule has 0 amide bonds. The first-order valence-electron chi connectivity index (χ1n) is 11.1. The van der Waals surface area contributed by atoms with Gasteiger partial charge in [0.05, 0.1) is 12.1 Å². The molecule has 156 valence electrons. The number of aromatic amines is 1. The molecule has 0 radical (unpaired) electrons. The van der Waals surface area contributed by atoms with E-state index in [9.17, 15) is 0 Å². The van der Waals surface area contributed by atoms with Crippen LogP contribution in [-0.4, -0.2) is 52.4 Å². The van der Waals surface area contributed by atoms with Crippen LogP contribution in [0.4, 0.5) is 0 Å². The summed E-state index contributed by atoms with van der Waals surface area (Å²) in [6, 6.07) is 9.11. The molecule has 0 bridgehead atoms. The number of H-pyrrole nitrogens is 1. The molecule has 0 spiro atoms. The van der Waals surface area contributed by atoms with E-state index in [0.717, 1.165) is 57.9 Å². The number of aromatic nitrogens is 3. The van der Waals surface area contributed by atoms with Crippen LogP contribution >= 0.6 is 11.6 Å². The van der Waals surface area contributed by atoms with Crippen LogP contribution in [0, 0.1) is 18.8 Å². The van der Waals surface area contributed by atoms with Gasteiger partial charge in [-0.2, -0.15) is 5.10 Å². The highest BCUT2D eigenvalue weighted by Gasteiger charge is 2.44. The van der Waals surface area contributed by atoms with Crippen LogP contribution in [0.25, 0.3) is 22.2 Å². The van der Waals surface area contributed by atoms with E-state index in [4.69, 9.17) is 16.3 Å². The average molecular weight is 423 g/mol. The number of aryl methyl sites for hydroxylation is 1. The van der Waals surface area contributed by atoms with Crippen molar-refractivity contribution < 1.29 is 4.74 Å². The van der Waals surface area contributed by atoms with Crippen LogP contribution in [-0.2, 0) is 4.74 Å². The topological polar surface area (TPSA) is 54.0 Å². The zero-order valence-corrected chi connectivity index (χ0v) is 18.0. The molecule has 5 nitrogen and oxygen atoms in total.